The van der Waals surface area contributed by atoms with Gasteiger partial charge in [-0.1, -0.05) is 31.3 Å². The normalized spacial score (nSPS) is 24.0. The van der Waals surface area contributed by atoms with Crippen LogP contribution >= 0.6 is 0 Å². The van der Waals surface area contributed by atoms with E-state index in [1.807, 2.05) is 6.92 Å². The van der Waals surface area contributed by atoms with Crippen molar-refractivity contribution in [3.8, 4) is 11.8 Å². The minimum atomic E-state index is -0.618. The molecular formula is C15H22O3. The topological polar surface area (TPSA) is 46.5 Å². The summed E-state index contributed by atoms with van der Waals surface area (Å²) in [6.45, 7) is 9.30. The number of rotatable bonds is 1. The Morgan fingerprint density at radius 3 is 2.61 bits per heavy atom. The molecule has 0 heterocycles. The van der Waals surface area contributed by atoms with E-state index in [4.69, 9.17) is 4.74 Å². The third-order valence-corrected chi connectivity index (χ3v) is 3.11. The molecule has 0 aromatic carbocycles. The van der Waals surface area contributed by atoms with Gasteiger partial charge in [0, 0.05) is 24.3 Å². The summed E-state index contributed by atoms with van der Waals surface area (Å²) in [7, 11) is 0. The van der Waals surface area contributed by atoms with Gasteiger partial charge in [0.25, 0.3) is 0 Å². The first-order valence-electron chi connectivity index (χ1n) is 6.29. The van der Waals surface area contributed by atoms with Crippen molar-refractivity contribution in [2.24, 2.45) is 5.41 Å². The van der Waals surface area contributed by atoms with Crippen LogP contribution < -0.4 is 0 Å². The highest BCUT2D eigenvalue weighted by Gasteiger charge is 2.34. The van der Waals surface area contributed by atoms with Crippen LogP contribution in [0.2, 0.25) is 0 Å². The lowest BCUT2D eigenvalue weighted by Crippen LogP contribution is -2.31. The summed E-state index contributed by atoms with van der Waals surface area (Å²) >= 11 is 0. The number of ether oxygens (including phenoxy) is 1. The summed E-state index contributed by atoms with van der Waals surface area (Å²) in [5.74, 6) is 5.64. The molecule has 0 aromatic heterocycles. The molecule has 0 saturated heterocycles. The van der Waals surface area contributed by atoms with Crippen molar-refractivity contribution >= 4 is 5.97 Å². The van der Waals surface area contributed by atoms with E-state index >= 15 is 0 Å². The lowest BCUT2D eigenvalue weighted by Gasteiger charge is -2.36. The van der Waals surface area contributed by atoms with E-state index in [1.165, 1.54) is 6.92 Å². The summed E-state index contributed by atoms with van der Waals surface area (Å²) in [6, 6.07) is 0. The molecule has 2 atom stereocenters. The van der Waals surface area contributed by atoms with Crippen molar-refractivity contribution in [3.63, 3.8) is 0 Å². The van der Waals surface area contributed by atoms with Crippen LogP contribution in [0, 0.1) is 17.3 Å². The van der Waals surface area contributed by atoms with E-state index in [0.29, 0.717) is 0 Å². The van der Waals surface area contributed by atoms with Crippen LogP contribution in [0.25, 0.3) is 0 Å². The van der Waals surface area contributed by atoms with E-state index in [9.17, 15) is 9.90 Å². The predicted octanol–water partition coefficient (Wildman–Crippen LogP) is 2.44. The highest BCUT2D eigenvalue weighted by Crippen LogP contribution is 2.40. The molecule has 0 amide bonds. The highest BCUT2D eigenvalue weighted by atomic mass is 16.5. The Morgan fingerprint density at radius 1 is 1.56 bits per heavy atom. The molecule has 1 aliphatic carbocycles. The number of aliphatic hydroxyl groups excluding tert-OH is 1. The van der Waals surface area contributed by atoms with Gasteiger partial charge in [0.2, 0.25) is 0 Å². The molecular weight excluding hydrogens is 228 g/mol. The Hall–Kier alpha value is -1.27. The van der Waals surface area contributed by atoms with Gasteiger partial charge in [0.1, 0.15) is 12.2 Å². The smallest absolute Gasteiger partial charge is 0.302 e. The molecule has 0 aromatic rings. The predicted molar refractivity (Wildman–Crippen MR) is 70.7 cm³/mol. The van der Waals surface area contributed by atoms with Crippen LogP contribution in [0.1, 0.15) is 47.5 Å². The first kappa shape index (κ1) is 14.8. The Balaban J connectivity index is 2.97. The maximum Gasteiger partial charge on any atom is 0.302 e. The first-order valence-corrected chi connectivity index (χ1v) is 6.29. The summed E-state index contributed by atoms with van der Waals surface area (Å²) < 4.78 is 5.30. The van der Waals surface area contributed by atoms with Crippen molar-refractivity contribution in [2.75, 3.05) is 0 Å². The zero-order valence-corrected chi connectivity index (χ0v) is 11.8. The quantitative estimate of drug-likeness (QED) is 0.574. The molecule has 1 N–H and O–H groups in total. The first-order chi connectivity index (χ1) is 8.22. The molecule has 18 heavy (non-hydrogen) atoms. The second-order valence-electron chi connectivity index (χ2n) is 5.62. The van der Waals surface area contributed by atoms with Crippen molar-refractivity contribution < 1.29 is 14.6 Å². The van der Waals surface area contributed by atoms with E-state index in [0.717, 1.165) is 24.0 Å². The summed E-state index contributed by atoms with van der Waals surface area (Å²) in [5.41, 5.74) is 2.09. The molecule has 0 fully saturated rings. The zero-order chi connectivity index (χ0) is 13.9. The number of carbonyl (C=O) groups is 1. The Bertz CT molecular complexity index is 419. The Morgan fingerprint density at radius 2 is 2.17 bits per heavy atom. The van der Waals surface area contributed by atoms with Crippen LogP contribution in [0.3, 0.4) is 0 Å². The Kier molecular flexibility index (Phi) is 4.59. The van der Waals surface area contributed by atoms with Gasteiger partial charge in [-0.3, -0.25) is 4.79 Å². The largest absolute Gasteiger partial charge is 0.462 e. The zero-order valence-electron chi connectivity index (χ0n) is 11.8. The van der Waals surface area contributed by atoms with Gasteiger partial charge < -0.3 is 9.84 Å². The Labute approximate surface area is 109 Å². The van der Waals surface area contributed by atoms with Crippen LogP contribution in [0.5, 0.6) is 0 Å². The van der Waals surface area contributed by atoms with Crippen LogP contribution in [-0.4, -0.2) is 23.3 Å². The van der Waals surface area contributed by atoms with Gasteiger partial charge >= 0.3 is 5.97 Å². The van der Waals surface area contributed by atoms with E-state index in [1.54, 1.807) is 6.92 Å². The number of aliphatic hydroxyl groups is 1. The molecule has 3 heteroatoms. The molecule has 1 aliphatic rings. The summed E-state index contributed by atoms with van der Waals surface area (Å²) in [4.78, 5) is 11.0. The van der Waals surface area contributed by atoms with E-state index in [-0.39, 0.29) is 17.5 Å². The van der Waals surface area contributed by atoms with E-state index in [2.05, 4.69) is 25.7 Å². The number of allylic oxidation sites excluding steroid dienone is 1. The van der Waals surface area contributed by atoms with Crippen molar-refractivity contribution in [1.82, 2.24) is 0 Å². The minimum absolute atomic E-state index is 0.0606. The fourth-order valence-corrected chi connectivity index (χ4v) is 2.54. The molecule has 0 aliphatic heterocycles. The van der Waals surface area contributed by atoms with E-state index < -0.39 is 6.10 Å². The molecule has 0 radical (unpaired) electrons. The van der Waals surface area contributed by atoms with Crippen LogP contribution in [0.15, 0.2) is 11.1 Å². The lowest BCUT2D eigenvalue weighted by atomic mass is 9.72. The molecule has 0 bridgehead atoms. The minimum Gasteiger partial charge on any atom is -0.462 e. The average Bonchev–Trinajstić information content (AvgIpc) is 2.12. The van der Waals surface area contributed by atoms with Gasteiger partial charge in [0.05, 0.1) is 0 Å². The molecule has 3 nitrogen and oxygen atoms in total. The average molecular weight is 250 g/mol. The standard InChI is InChI=1S/C15H22O3/c1-10-8-13(18-12(3)17)9-15(4,5)14(10)7-6-11(2)16/h11,13,16H,8-9H2,1-5H3/t11?,13-/m1/s1. The van der Waals surface area contributed by atoms with Gasteiger partial charge in [-0.05, 0) is 20.3 Å². The summed E-state index contributed by atoms with van der Waals surface area (Å²) in [6.07, 6.45) is 0.822. The van der Waals surface area contributed by atoms with Gasteiger partial charge in [0.15, 0.2) is 0 Å². The molecule has 1 unspecified atom stereocenters. The molecule has 0 saturated carbocycles. The molecule has 0 spiro atoms. The van der Waals surface area contributed by atoms with Crippen molar-refractivity contribution in [3.05, 3.63) is 11.1 Å². The fraction of sp³-hybridized carbons (Fsp3) is 0.667. The number of carbonyl (C=O) groups excluding carboxylic acids is 1. The second kappa shape index (κ2) is 5.58. The molecule has 100 valence electrons. The summed E-state index contributed by atoms with van der Waals surface area (Å²) in [5, 5.41) is 9.24. The fourth-order valence-electron chi connectivity index (χ4n) is 2.54. The van der Waals surface area contributed by atoms with Crippen LogP contribution in [0.4, 0.5) is 0 Å². The third kappa shape index (κ3) is 3.89. The highest BCUT2D eigenvalue weighted by molar-refractivity contribution is 5.66. The molecule has 1 rings (SSSR count). The number of hydrogen-bond donors (Lipinski definition) is 1. The maximum absolute atomic E-state index is 11.0. The lowest BCUT2D eigenvalue weighted by molar-refractivity contribution is -0.147. The number of esters is 1. The number of hydrogen-bond acceptors (Lipinski definition) is 3. The van der Waals surface area contributed by atoms with Crippen LogP contribution in [-0.2, 0) is 9.53 Å². The second-order valence-corrected chi connectivity index (χ2v) is 5.62. The van der Waals surface area contributed by atoms with Crippen molar-refractivity contribution in [2.45, 2.75) is 59.7 Å². The maximum atomic E-state index is 11.0. The van der Waals surface area contributed by atoms with Gasteiger partial charge in [-0.25, -0.2) is 0 Å². The monoisotopic (exact) mass is 250 g/mol. The SMILES string of the molecule is CC(=O)O[C@@H]1CC(C)=C(C#CC(C)O)C(C)(C)C1. The third-order valence-electron chi connectivity index (χ3n) is 3.11. The van der Waals surface area contributed by atoms with Gasteiger partial charge in [-0.15, -0.1) is 0 Å². The van der Waals surface area contributed by atoms with Crippen molar-refractivity contribution in [1.29, 1.82) is 0 Å². The van der Waals surface area contributed by atoms with Gasteiger partial charge in [-0.2, -0.15) is 0 Å².